The van der Waals surface area contributed by atoms with Gasteiger partial charge in [0.2, 0.25) is 0 Å². The van der Waals surface area contributed by atoms with Crippen LogP contribution in [0.15, 0.2) is 37.1 Å². The highest BCUT2D eigenvalue weighted by molar-refractivity contribution is 7.17. The molecule has 148 valence electrons. The Labute approximate surface area is 171 Å². The Morgan fingerprint density at radius 1 is 1.28 bits per heavy atom. The number of aryl methyl sites for hydroxylation is 1. The number of carbonyl (C=O) groups is 1. The molecular weight excluding hydrogens is 386 g/mol. The van der Waals surface area contributed by atoms with E-state index in [1.54, 1.807) is 10.9 Å². The van der Waals surface area contributed by atoms with Crippen molar-refractivity contribution in [3.63, 3.8) is 0 Å². The van der Waals surface area contributed by atoms with E-state index in [1.165, 1.54) is 11.3 Å². The zero-order valence-electron chi connectivity index (χ0n) is 16.0. The highest BCUT2D eigenvalue weighted by Crippen LogP contribution is 2.37. The Morgan fingerprint density at radius 2 is 2.14 bits per heavy atom. The molecule has 4 aromatic rings. The van der Waals surface area contributed by atoms with Crippen LogP contribution in [0.5, 0.6) is 0 Å². The molecule has 9 heteroatoms. The van der Waals surface area contributed by atoms with E-state index in [9.17, 15) is 4.79 Å². The zero-order chi connectivity index (χ0) is 19.8. The Hall–Kier alpha value is -3.04. The van der Waals surface area contributed by atoms with Crippen LogP contribution < -0.4 is 10.6 Å². The molecule has 2 N–H and O–H groups in total. The summed E-state index contributed by atoms with van der Waals surface area (Å²) < 4.78 is 3.76. The molecule has 0 aliphatic carbocycles. The Balaban J connectivity index is 1.48. The van der Waals surface area contributed by atoms with Gasteiger partial charge in [0.15, 0.2) is 17.8 Å². The average Bonchev–Trinajstić information content (AvgIpc) is 3.47. The molecule has 1 fully saturated rings. The van der Waals surface area contributed by atoms with Crippen LogP contribution in [0.4, 0.5) is 10.8 Å². The molecule has 29 heavy (non-hydrogen) atoms. The van der Waals surface area contributed by atoms with Crippen LogP contribution in [0.1, 0.15) is 34.0 Å². The van der Waals surface area contributed by atoms with Crippen LogP contribution in [0, 0.1) is 0 Å². The van der Waals surface area contributed by atoms with Crippen LogP contribution in [0.3, 0.4) is 0 Å². The van der Waals surface area contributed by atoms with Crippen molar-refractivity contribution < 1.29 is 4.79 Å². The van der Waals surface area contributed by atoms with Crippen molar-refractivity contribution in [1.82, 2.24) is 29.5 Å². The molecule has 0 radical (unpaired) electrons. The first kappa shape index (κ1) is 18.0. The molecule has 0 atom stereocenters. The molecule has 0 bridgehead atoms. The van der Waals surface area contributed by atoms with Gasteiger partial charge in [0.25, 0.3) is 0 Å². The number of rotatable bonds is 5. The van der Waals surface area contributed by atoms with E-state index in [4.69, 9.17) is 0 Å². The van der Waals surface area contributed by atoms with Gasteiger partial charge in [-0.05, 0) is 43.5 Å². The molecule has 1 saturated heterocycles. The maximum absolute atomic E-state index is 11.6. The lowest BCUT2D eigenvalue weighted by molar-refractivity contribution is 0.112. The molecule has 0 aromatic carbocycles. The third kappa shape index (κ3) is 3.32. The van der Waals surface area contributed by atoms with Gasteiger partial charge in [-0.15, -0.1) is 11.3 Å². The molecule has 0 spiro atoms. The summed E-state index contributed by atoms with van der Waals surface area (Å²) in [5, 5.41) is 11.9. The number of hydrogen-bond acceptors (Lipinski definition) is 7. The van der Waals surface area contributed by atoms with Crippen LogP contribution >= 0.6 is 11.3 Å². The molecule has 5 rings (SSSR count). The predicted molar refractivity (Wildman–Crippen MR) is 113 cm³/mol. The Bertz CT molecular complexity index is 1170. The lowest BCUT2D eigenvalue weighted by Crippen LogP contribution is -2.26. The van der Waals surface area contributed by atoms with E-state index in [-0.39, 0.29) is 0 Å². The minimum Gasteiger partial charge on any atom is -0.329 e. The lowest BCUT2D eigenvalue weighted by Gasteiger charge is -2.22. The summed E-state index contributed by atoms with van der Waals surface area (Å²) >= 11 is 1.47. The topological polar surface area (TPSA) is 89.1 Å². The largest absolute Gasteiger partial charge is 0.329 e. The molecule has 8 nitrogen and oxygen atoms in total. The highest BCUT2D eigenvalue weighted by atomic mass is 32.1. The van der Waals surface area contributed by atoms with Gasteiger partial charge in [0.05, 0.1) is 28.0 Å². The monoisotopic (exact) mass is 407 g/mol. The van der Waals surface area contributed by atoms with E-state index in [0.717, 1.165) is 64.6 Å². The van der Waals surface area contributed by atoms with Crippen LogP contribution in [0.25, 0.3) is 16.9 Å². The predicted octanol–water partition coefficient (Wildman–Crippen LogP) is 3.21. The number of hydrogen-bond donors (Lipinski definition) is 2. The second-order valence-electron chi connectivity index (χ2n) is 7.21. The second kappa shape index (κ2) is 7.41. The number of piperidine rings is 1. The number of imidazole rings is 1. The minimum absolute atomic E-state index is 0.426. The van der Waals surface area contributed by atoms with Gasteiger partial charge in [0, 0.05) is 31.2 Å². The summed E-state index contributed by atoms with van der Waals surface area (Å²) in [4.78, 5) is 21.5. The summed E-state index contributed by atoms with van der Waals surface area (Å²) in [5.41, 5.74) is 3.81. The quantitative estimate of drug-likeness (QED) is 0.494. The first-order chi connectivity index (χ1) is 14.2. The minimum atomic E-state index is 0.426. The van der Waals surface area contributed by atoms with Gasteiger partial charge >= 0.3 is 0 Å². The molecule has 0 unspecified atom stereocenters. The smallest absolute Gasteiger partial charge is 0.180 e. The van der Waals surface area contributed by atoms with Crippen molar-refractivity contribution in [1.29, 1.82) is 0 Å². The molecule has 1 aliphatic heterocycles. The van der Waals surface area contributed by atoms with Crippen LogP contribution in [-0.2, 0) is 7.05 Å². The van der Waals surface area contributed by atoms with Crippen LogP contribution in [-0.4, -0.2) is 43.5 Å². The highest BCUT2D eigenvalue weighted by Gasteiger charge is 2.21. The van der Waals surface area contributed by atoms with Crippen molar-refractivity contribution in [3.8, 4) is 11.3 Å². The third-order valence-corrected chi connectivity index (χ3v) is 6.34. The number of nitrogens with zero attached hydrogens (tertiary/aromatic N) is 5. The van der Waals surface area contributed by atoms with E-state index >= 15 is 0 Å². The van der Waals surface area contributed by atoms with Gasteiger partial charge < -0.3 is 10.6 Å². The standard InChI is InChI=1S/C20H21N7OS/c1-26-11-14(9-24-26)16-10-23-20-19(22-6-7-27(16)20)25-18-8-15(17(12-28)29-18)13-2-4-21-5-3-13/h6-13,21H,2-5H2,1H3,(H,22,25). The lowest BCUT2D eigenvalue weighted by atomic mass is 9.91. The van der Waals surface area contributed by atoms with Crippen molar-refractivity contribution >= 4 is 34.1 Å². The molecule has 0 amide bonds. The summed E-state index contributed by atoms with van der Waals surface area (Å²) in [5.74, 6) is 1.09. The van der Waals surface area contributed by atoms with Crippen molar-refractivity contribution in [2.75, 3.05) is 18.4 Å². The van der Waals surface area contributed by atoms with Gasteiger partial charge in [-0.3, -0.25) is 13.9 Å². The van der Waals surface area contributed by atoms with Gasteiger partial charge in [-0.25, -0.2) is 9.97 Å². The van der Waals surface area contributed by atoms with Crippen molar-refractivity contribution in [2.24, 2.45) is 7.05 Å². The van der Waals surface area contributed by atoms with Crippen molar-refractivity contribution in [2.45, 2.75) is 18.8 Å². The number of aldehydes is 1. The fourth-order valence-corrected chi connectivity index (χ4v) is 4.88. The normalized spacial score (nSPS) is 15.1. The van der Waals surface area contributed by atoms with Gasteiger partial charge in [0.1, 0.15) is 0 Å². The fourth-order valence-electron chi connectivity index (χ4n) is 3.92. The van der Waals surface area contributed by atoms with E-state index in [2.05, 4.69) is 31.8 Å². The van der Waals surface area contributed by atoms with E-state index < -0.39 is 0 Å². The molecule has 1 aliphatic rings. The van der Waals surface area contributed by atoms with E-state index in [1.807, 2.05) is 36.2 Å². The number of nitrogens with one attached hydrogen (secondary N) is 2. The third-order valence-electron chi connectivity index (χ3n) is 5.35. The maximum Gasteiger partial charge on any atom is 0.180 e. The van der Waals surface area contributed by atoms with Crippen LogP contribution in [0.2, 0.25) is 0 Å². The number of carbonyl (C=O) groups excluding carboxylic acids is 1. The summed E-state index contributed by atoms with van der Waals surface area (Å²) in [7, 11) is 1.89. The molecule has 0 saturated carbocycles. The number of aromatic nitrogens is 5. The van der Waals surface area contributed by atoms with Gasteiger partial charge in [-0.2, -0.15) is 5.10 Å². The Kier molecular flexibility index (Phi) is 4.61. The SMILES string of the molecule is Cn1cc(-c2cnc3c(Nc4cc(C5CCNCC5)c(C=O)s4)nccn23)cn1. The average molecular weight is 408 g/mol. The van der Waals surface area contributed by atoms with Gasteiger partial charge in [-0.1, -0.05) is 0 Å². The molecule has 5 heterocycles. The number of anilines is 2. The zero-order valence-corrected chi connectivity index (χ0v) is 16.8. The second-order valence-corrected chi connectivity index (χ2v) is 8.30. The fraction of sp³-hybridized carbons (Fsp3) is 0.300. The number of thiophene rings is 1. The number of fused-ring (bicyclic) bond motifs is 1. The Morgan fingerprint density at radius 3 is 2.90 bits per heavy atom. The molecular formula is C20H21N7OS. The first-order valence-corrected chi connectivity index (χ1v) is 10.4. The summed E-state index contributed by atoms with van der Waals surface area (Å²) in [6.07, 6.45) is 12.3. The summed E-state index contributed by atoms with van der Waals surface area (Å²) in [6.45, 7) is 1.99. The van der Waals surface area contributed by atoms with Crippen molar-refractivity contribution in [3.05, 3.63) is 47.5 Å². The maximum atomic E-state index is 11.6. The first-order valence-electron chi connectivity index (χ1n) is 9.60. The van der Waals surface area contributed by atoms with E-state index in [0.29, 0.717) is 11.7 Å². The molecule has 4 aromatic heterocycles. The summed E-state index contributed by atoms with van der Waals surface area (Å²) in [6, 6.07) is 2.10.